The first-order chi connectivity index (χ1) is 16.5. The Balaban J connectivity index is 1.19. The van der Waals surface area contributed by atoms with Crippen molar-refractivity contribution >= 4 is 17.5 Å². The van der Waals surface area contributed by atoms with E-state index in [-0.39, 0.29) is 36.3 Å². The molecule has 3 aromatic rings. The lowest BCUT2D eigenvalue weighted by Crippen LogP contribution is -2.42. The standard InChI is InChI=1S/C25H24F2N4O3/c26-18-6-4-16(5-7-18)22-13-31-15-28-23(21(31)14-34-22)25(33)30-10-8-17(9-11-30)24(32)29-20-3-1-2-19(27)12-20/h1-7,12,15,17,22H,8-11,13-14H2,(H,29,32)/t22-/m1/s1. The normalized spacial score (nSPS) is 18.4. The van der Waals surface area contributed by atoms with Gasteiger partial charge in [0, 0.05) is 24.7 Å². The third kappa shape index (κ3) is 4.56. The summed E-state index contributed by atoms with van der Waals surface area (Å²) in [5, 5.41) is 2.75. The fourth-order valence-electron chi connectivity index (χ4n) is 4.49. The largest absolute Gasteiger partial charge is 0.365 e. The van der Waals surface area contributed by atoms with E-state index in [4.69, 9.17) is 4.74 Å². The number of hydrogen-bond donors (Lipinski definition) is 1. The number of hydrogen-bond acceptors (Lipinski definition) is 4. The minimum absolute atomic E-state index is 0.169. The summed E-state index contributed by atoms with van der Waals surface area (Å²) in [7, 11) is 0. The summed E-state index contributed by atoms with van der Waals surface area (Å²) in [6.07, 6.45) is 2.44. The average Bonchev–Trinajstić information content (AvgIpc) is 3.27. The summed E-state index contributed by atoms with van der Waals surface area (Å²) >= 11 is 0. The first-order valence-electron chi connectivity index (χ1n) is 11.2. The number of nitrogens with one attached hydrogen (secondary N) is 1. The summed E-state index contributed by atoms with van der Waals surface area (Å²) < 4.78 is 34.4. The summed E-state index contributed by atoms with van der Waals surface area (Å²) in [6.45, 7) is 1.59. The van der Waals surface area contributed by atoms with Crippen LogP contribution in [0, 0.1) is 17.6 Å². The van der Waals surface area contributed by atoms with Gasteiger partial charge in [-0.15, -0.1) is 0 Å². The lowest BCUT2D eigenvalue weighted by Gasteiger charge is -2.31. The van der Waals surface area contributed by atoms with E-state index in [1.54, 1.807) is 35.5 Å². The molecular formula is C25H24F2N4O3. The Morgan fingerprint density at radius 3 is 2.53 bits per heavy atom. The maximum absolute atomic E-state index is 13.4. The summed E-state index contributed by atoms with van der Waals surface area (Å²) in [5.41, 5.74) is 2.37. The molecule has 5 rings (SSSR count). The van der Waals surface area contributed by atoms with E-state index in [1.165, 1.54) is 24.3 Å². The molecule has 7 nitrogen and oxygen atoms in total. The number of anilines is 1. The van der Waals surface area contributed by atoms with Crippen LogP contribution >= 0.6 is 0 Å². The van der Waals surface area contributed by atoms with Gasteiger partial charge in [0.1, 0.15) is 17.7 Å². The molecule has 0 radical (unpaired) electrons. The number of carbonyl (C=O) groups excluding carboxylic acids is 2. The molecule has 0 bridgehead atoms. The molecule has 1 saturated heterocycles. The highest BCUT2D eigenvalue weighted by Crippen LogP contribution is 2.29. The van der Waals surface area contributed by atoms with E-state index >= 15 is 0 Å². The molecule has 0 spiro atoms. The predicted octanol–water partition coefficient (Wildman–Crippen LogP) is 3.92. The predicted molar refractivity (Wildman–Crippen MR) is 120 cm³/mol. The molecule has 2 aromatic carbocycles. The van der Waals surface area contributed by atoms with E-state index in [1.807, 2.05) is 4.57 Å². The lowest BCUT2D eigenvalue weighted by atomic mass is 9.95. The Hall–Kier alpha value is -3.59. The van der Waals surface area contributed by atoms with Gasteiger partial charge < -0.3 is 19.5 Å². The Morgan fingerprint density at radius 1 is 1.03 bits per heavy atom. The number of halogens is 2. The van der Waals surface area contributed by atoms with E-state index < -0.39 is 5.82 Å². The number of imidazole rings is 1. The smallest absolute Gasteiger partial charge is 0.274 e. The number of aromatic nitrogens is 2. The van der Waals surface area contributed by atoms with Gasteiger partial charge in [-0.1, -0.05) is 18.2 Å². The molecule has 9 heteroatoms. The van der Waals surface area contributed by atoms with E-state index in [9.17, 15) is 18.4 Å². The molecule has 34 heavy (non-hydrogen) atoms. The minimum atomic E-state index is -0.408. The third-order valence-corrected chi connectivity index (χ3v) is 6.42. The molecular weight excluding hydrogens is 442 g/mol. The van der Waals surface area contributed by atoms with Crippen molar-refractivity contribution in [1.82, 2.24) is 14.5 Å². The molecule has 3 heterocycles. The van der Waals surface area contributed by atoms with Gasteiger partial charge >= 0.3 is 0 Å². The van der Waals surface area contributed by atoms with Crippen LogP contribution in [-0.4, -0.2) is 39.4 Å². The molecule has 0 saturated carbocycles. The Morgan fingerprint density at radius 2 is 1.79 bits per heavy atom. The Labute approximate surface area is 195 Å². The van der Waals surface area contributed by atoms with Crippen LogP contribution < -0.4 is 5.32 Å². The summed E-state index contributed by atoms with van der Waals surface area (Å²) in [5.74, 6) is -1.30. The maximum Gasteiger partial charge on any atom is 0.274 e. The van der Waals surface area contributed by atoms with Crippen LogP contribution in [0.15, 0.2) is 54.9 Å². The van der Waals surface area contributed by atoms with Crippen LogP contribution in [0.1, 0.15) is 40.7 Å². The Kier molecular flexibility index (Phi) is 6.10. The monoisotopic (exact) mass is 466 g/mol. The number of fused-ring (bicyclic) bond motifs is 1. The van der Waals surface area contributed by atoms with Crippen molar-refractivity contribution in [2.24, 2.45) is 5.92 Å². The molecule has 2 amide bonds. The van der Waals surface area contributed by atoms with Crippen molar-refractivity contribution in [3.05, 3.63) is 83.4 Å². The van der Waals surface area contributed by atoms with Crippen LogP contribution in [0.5, 0.6) is 0 Å². The quantitative estimate of drug-likeness (QED) is 0.632. The molecule has 2 aliphatic rings. The van der Waals surface area contributed by atoms with Gasteiger partial charge in [0.25, 0.3) is 5.91 Å². The van der Waals surface area contributed by atoms with Crippen molar-refractivity contribution in [1.29, 1.82) is 0 Å². The highest BCUT2D eigenvalue weighted by atomic mass is 19.1. The van der Waals surface area contributed by atoms with E-state index in [0.717, 1.165) is 5.56 Å². The zero-order valence-corrected chi connectivity index (χ0v) is 18.4. The third-order valence-electron chi connectivity index (χ3n) is 6.42. The van der Waals surface area contributed by atoms with Crippen molar-refractivity contribution in [2.75, 3.05) is 18.4 Å². The number of likely N-dealkylation sites (tertiary alicyclic amines) is 1. The molecule has 176 valence electrons. The van der Waals surface area contributed by atoms with Gasteiger partial charge in [0.15, 0.2) is 5.69 Å². The van der Waals surface area contributed by atoms with Gasteiger partial charge in [0.2, 0.25) is 5.91 Å². The molecule has 1 aromatic heterocycles. The topological polar surface area (TPSA) is 76.5 Å². The van der Waals surface area contributed by atoms with Gasteiger partial charge in [-0.25, -0.2) is 13.8 Å². The van der Waals surface area contributed by atoms with Gasteiger partial charge in [-0.05, 0) is 48.7 Å². The summed E-state index contributed by atoms with van der Waals surface area (Å²) in [6, 6.07) is 12.0. The van der Waals surface area contributed by atoms with Crippen molar-refractivity contribution in [3.8, 4) is 0 Å². The number of amides is 2. The molecule has 1 atom stereocenters. The van der Waals surface area contributed by atoms with Gasteiger partial charge in [-0.2, -0.15) is 0 Å². The van der Waals surface area contributed by atoms with Crippen LogP contribution in [0.25, 0.3) is 0 Å². The van der Waals surface area contributed by atoms with E-state index in [0.29, 0.717) is 49.6 Å². The van der Waals surface area contributed by atoms with Crippen molar-refractivity contribution in [3.63, 3.8) is 0 Å². The second kappa shape index (κ2) is 9.34. The van der Waals surface area contributed by atoms with E-state index in [2.05, 4.69) is 10.3 Å². The molecule has 2 aliphatic heterocycles. The number of rotatable bonds is 4. The van der Waals surface area contributed by atoms with Crippen LogP contribution in [-0.2, 0) is 22.7 Å². The number of piperidine rings is 1. The highest BCUT2D eigenvalue weighted by molar-refractivity contribution is 5.95. The van der Waals surface area contributed by atoms with Gasteiger partial charge in [0.05, 0.1) is 25.2 Å². The SMILES string of the molecule is O=C(Nc1cccc(F)c1)C1CCN(C(=O)c2ncn3c2CO[C@@H](c2ccc(F)cc2)C3)CC1. The van der Waals surface area contributed by atoms with Crippen LogP contribution in [0.4, 0.5) is 14.5 Å². The zero-order valence-electron chi connectivity index (χ0n) is 18.4. The lowest BCUT2D eigenvalue weighted by molar-refractivity contribution is -0.121. The fourth-order valence-corrected chi connectivity index (χ4v) is 4.49. The van der Waals surface area contributed by atoms with Gasteiger partial charge in [-0.3, -0.25) is 9.59 Å². The number of benzene rings is 2. The minimum Gasteiger partial charge on any atom is -0.365 e. The second-order valence-electron chi connectivity index (χ2n) is 8.61. The molecule has 1 fully saturated rings. The number of carbonyl (C=O) groups is 2. The first-order valence-corrected chi connectivity index (χ1v) is 11.2. The Bertz CT molecular complexity index is 1200. The molecule has 0 aliphatic carbocycles. The maximum atomic E-state index is 13.4. The summed E-state index contributed by atoms with van der Waals surface area (Å²) in [4.78, 5) is 31.7. The average molecular weight is 466 g/mol. The fraction of sp³-hybridized carbons (Fsp3) is 0.320. The molecule has 1 N–H and O–H groups in total. The van der Waals surface area contributed by atoms with Crippen molar-refractivity contribution in [2.45, 2.75) is 32.1 Å². The zero-order chi connectivity index (χ0) is 23.7. The number of ether oxygens (including phenoxy) is 1. The van der Waals surface area contributed by atoms with Crippen LogP contribution in [0.3, 0.4) is 0 Å². The molecule has 0 unspecified atom stereocenters. The second-order valence-corrected chi connectivity index (χ2v) is 8.61. The number of nitrogens with zero attached hydrogens (tertiary/aromatic N) is 3. The van der Waals surface area contributed by atoms with Crippen LogP contribution in [0.2, 0.25) is 0 Å². The highest BCUT2D eigenvalue weighted by Gasteiger charge is 2.32. The first kappa shape index (κ1) is 22.2. The van der Waals surface area contributed by atoms with Crippen molar-refractivity contribution < 1.29 is 23.1 Å².